The molecule has 25 heteroatoms. The molecule has 4 aliphatic rings. The van der Waals surface area contributed by atoms with Crippen LogP contribution in [0.1, 0.15) is 59.1 Å². The molecular formula is C54H50F12N4O8S. The third-order valence-corrected chi connectivity index (χ3v) is 15.3. The van der Waals surface area contributed by atoms with Crippen LogP contribution in [0.4, 0.5) is 64.1 Å². The van der Waals surface area contributed by atoms with E-state index in [1.807, 2.05) is 0 Å². The van der Waals surface area contributed by atoms with Crippen molar-refractivity contribution in [1.82, 2.24) is 9.80 Å². The second-order valence-electron chi connectivity index (χ2n) is 19.1. The van der Waals surface area contributed by atoms with E-state index in [0.29, 0.717) is 36.4 Å². The number of aliphatic carboxylic acids is 2. The molecule has 0 aliphatic carbocycles. The van der Waals surface area contributed by atoms with E-state index in [2.05, 4.69) is 0 Å². The lowest BCUT2D eigenvalue weighted by molar-refractivity contribution is -0.164. The zero-order valence-electron chi connectivity index (χ0n) is 41.6. The molecule has 4 heterocycles. The fraction of sp³-hybridized carbons (Fsp3) is 0.407. The smallest absolute Gasteiger partial charge is 0.418 e. The number of morpholine rings is 2. The molecule has 424 valence electrons. The second kappa shape index (κ2) is 23.5. The standard InChI is InChI=1S/C54H50F12N4O8S/c55-51(56,57)45-37(7-9-43(71)69-19-23-77-24-20-69)39(33-3-1-5-35(27-33)67-15-11-31(12-16-67)49(73)74)29-41(47(45)53(61,62)63)79-42-30-40(34-4-2-6-36(28-34)68-17-13-32(14-18-68)50(75)76)38(8-10-44(72)70-21-25-78-26-22-70)46(52(58,59)60)48(42)54(64,65)66/h1-10,27-32H,11-26H2,(H,73,74)(H,75,76). The number of halogens is 12. The Morgan fingerprint density at radius 3 is 1.11 bits per heavy atom. The lowest BCUT2D eigenvalue weighted by Gasteiger charge is -2.32. The van der Waals surface area contributed by atoms with E-state index < -0.39 is 126 Å². The van der Waals surface area contributed by atoms with E-state index in [4.69, 9.17) is 9.47 Å². The maximum Gasteiger partial charge on any atom is 0.418 e. The van der Waals surface area contributed by atoms with Gasteiger partial charge >= 0.3 is 36.6 Å². The number of rotatable bonds is 12. The summed E-state index contributed by atoms with van der Waals surface area (Å²) in [6.07, 6.45) is -21.5. The zero-order valence-corrected chi connectivity index (χ0v) is 42.4. The van der Waals surface area contributed by atoms with Crippen molar-refractivity contribution in [3.05, 3.63) is 106 Å². The molecule has 79 heavy (non-hydrogen) atoms. The molecular weight excluding hydrogens is 1090 g/mol. The molecule has 4 saturated heterocycles. The Morgan fingerprint density at radius 2 is 0.810 bits per heavy atom. The average molecular weight is 1140 g/mol. The molecule has 4 aromatic carbocycles. The summed E-state index contributed by atoms with van der Waals surface area (Å²) in [6.45, 7) is 0.427. The van der Waals surface area contributed by atoms with Crippen LogP contribution in [0.2, 0.25) is 0 Å². The minimum Gasteiger partial charge on any atom is -0.481 e. The van der Waals surface area contributed by atoms with Crippen LogP contribution in [-0.2, 0) is 53.4 Å². The molecule has 0 spiro atoms. The number of hydrogen-bond acceptors (Lipinski definition) is 9. The molecule has 12 nitrogen and oxygen atoms in total. The summed E-state index contributed by atoms with van der Waals surface area (Å²) in [4.78, 5) is 52.7. The van der Waals surface area contributed by atoms with Crippen LogP contribution >= 0.6 is 11.8 Å². The van der Waals surface area contributed by atoms with Crippen LogP contribution in [0, 0.1) is 11.8 Å². The number of alkyl halides is 12. The predicted octanol–water partition coefficient (Wildman–Crippen LogP) is 11.6. The molecule has 2 N–H and O–H groups in total. The number of carboxylic acid groups (broad SMARTS) is 2. The largest absolute Gasteiger partial charge is 0.481 e. The van der Waals surface area contributed by atoms with Gasteiger partial charge in [-0.1, -0.05) is 36.0 Å². The maximum atomic E-state index is 15.9. The van der Waals surface area contributed by atoms with Crippen molar-refractivity contribution in [2.24, 2.45) is 11.8 Å². The fourth-order valence-electron chi connectivity index (χ4n) is 10.2. The quantitative estimate of drug-likeness (QED) is 0.103. The lowest BCUT2D eigenvalue weighted by Crippen LogP contribution is -2.39. The Balaban J connectivity index is 1.40. The number of carbonyl (C=O) groups is 4. The number of nitrogens with zero attached hydrogens (tertiary/aromatic N) is 4. The number of benzene rings is 4. The van der Waals surface area contributed by atoms with E-state index in [1.165, 1.54) is 48.5 Å². The van der Waals surface area contributed by atoms with Crippen LogP contribution in [0.15, 0.2) is 82.6 Å². The van der Waals surface area contributed by atoms with Gasteiger partial charge in [0.15, 0.2) is 0 Å². The van der Waals surface area contributed by atoms with Crippen LogP contribution < -0.4 is 9.80 Å². The molecule has 8 rings (SSSR count). The van der Waals surface area contributed by atoms with Crippen molar-refractivity contribution >= 4 is 59.0 Å². The highest BCUT2D eigenvalue weighted by molar-refractivity contribution is 7.99. The Hall–Kier alpha value is -6.73. The van der Waals surface area contributed by atoms with Gasteiger partial charge in [0.1, 0.15) is 0 Å². The molecule has 2 amide bonds. The first kappa shape index (κ1) is 58.4. The summed E-state index contributed by atoms with van der Waals surface area (Å²) in [5.41, 5.74) is -14.1. The Kier molecular flexibility index (Phi) is 17.4. The van der Waals surface area contributed by atoms with E-state index in [-0.39, 0.29) is 127 Å². The number of carboxylic acids is 2. The lowest BCUT2D eigenvalue weighted by atomic mass is 9.89. The summed E-state index contributed by atoms with van der Waals surface area (Å²) in [6, 6.07) is 11.5. The third kappa shape index (κ3) is 13.5. The van der Waals surface area contributed by atoms with Gasteiger partial charge in [-0.05, 0) is 108 Å². The SMILES string of the molecule is O=C(O)C1CCN(c2cccc(-c3cc(Sc4cc(-c5cccc(N6CCC(C(=O)O)CC6)c5)c(C=CC(=O)N5CCOCC5)c(C(F)(F)F)c4C(F)(F)F)c(C(F)(F)F)c(C(F)(F)F)c3C=CC(=O)N3CCOCC3)c2)CC1. The van der Waals surface area contributed by atoms with Gasteiger partial charge in [-0.3, -0.25) is 19.2 Å². The molecule has 0 saturated carbocycles. The Morgan fingerprint density at radius 1 is 0.481 bits per heavy atom. The summed E-state index contributed by atoms with van der Waals surface area (Å²) >= 11 is -0.644. The molecule has 4 aliphatic heterocycles. The monoisotopic (exact) mass is 1140 g/mol. The van der Waals surface area contributed by atoms with Gasteiger partial charge in [0, 0.05) is 85.7 Å². The number of anilines is 2. The molecule has 4 fully saturated rings. The van der Waals surface area contributed by atoms with E-state index in [1.54, 1.807) is 9.80 Å². The number of piperidine rings is 2. The van der Waals surface area contributed by atoms with Crippen molar-refractivity contribution < 1.29 is 91.5 Å². The van der Waals surface area contributed by atoms with Gasteiger partial charge in [0.25, 0.3) is 0 Å². The minimum absolute atomic E-state index is 0.0274. The fourth-order valence-corrected chi connectivity index (χ4v) is 11.4. The van der Waals surface area contributed by atoms with Crippen LogP contribution in [0.25, 0.3) is 34.4 Å². The highest BCUT2D eigenvalue weighted by Gasteiger charge is 2.50. The highest BCUT2D eigenvalue weighted by atomic mass is 32.2. The summed E-state index contributed by atoms with van der Waals surface area (Å²) in [5.74, 6) is -5.47. The molecule has 4 aromatic rings. The van der Waals surface area contributed by atoms with Gasteiger partial charge in [-0.2, -0.15) is 52.7 Å². The van der Waals surface area contributed by atoms with Crippen LogP contribution in [0.5, 0.6) is 0 Å². The van der Waals surface area contributed by atoms with Gasteiger partial charge in [-0.15, -0.1) is 0 Å². The van der Waals surface area contributed by atoms with E-state index in [0.717, 1.165) is 9.80 Å². The normalized spacial score (nSPS) is 17.8. The van der Waals surface area contributed by atoms with Crippen LogP contribution in [-0.4, -0.2) is 123 Å². The molecule has 0 bridgehead atoms. The third-order valence-electron chi connectivity index (χ3n) is 14.2. The predicted molar refractivity (Wildman–Crippen MR) is 266 cm³/mol. The van der Waals surface area contributed by atoms with Gasteiger partial charge in [0.05, 0.1) is 60.5 Å². The zero-order chi connectivity index (χ0) is 57.2. The first-order valence-corrected chi connectivity index (χ1v) is 25.7. The summed E-state index contributed by atoms with van der Waals surface area (Å²) in [7, 11) is 0. The molecule has 0 radical (unpaired) electrons. The Bertz CT molecular complexity index is 2810. The maximum absolute atomic E-state index is 15.9. The first-order valence-electron chi connectivity index (χ1n) is 24.8. The van der Waals surface area contributed by atoms with E-state index >= 15 is 52.7 Å². The number of amides is 2. The van der Waals surface area contributed by atoms with Crippen molar-refractivity contribution in [3.63, 3.8) is 0 Å². The number of ether oxygens (including phenoxy) is 2. The summed E-state index contributed by atoms with van der Waals surface area (Å²) in [5, 5.41) is 19.2. The highest BCUT2D eigenvalue weighted by Crippen LogP contribution is 2.55. The number of carbonyl (C=O) groups excluding carboxylic acids is 2. The topological polar surface area (TPSA) is 140 Å². The van der Waals surface area contributed by atoms with Gasteiger partial charge in [0.2, 0.25) is 11.8 Å². The summed E-state index contributed by atoms with van der Waals surface area (Å²) < 4.78 is 200. The van der Waals surface area contributed by atoms with Gasteiger partial charge in [-0.25, -0.2) is 0 Å². The van der Waals surface area contributed by atoms with Crippen LogP contribution in [0.3, 0.4) is 0 Å². The second-order valence-corrected chi connectivity index (χ2v) is 20.2. The first-order chi connectivity index (χ1) is 37.2. The molecule has 0 unspecified atom stereocenters. The van der Waals surface area contributed by atoms with Gasteiger partial charge < -0.3 is 39.3 Å². The average Bonchev–Trinajstić information content (AvgIpc) is 3.43. The van der Waals surface area contributed by atoms with Crippen molar-refractivity contribution in [3.8, 4) is 22.3 Å². The molecule has 0 aromatic heterocycles. The van der Waals surface area contributed by atoms with E-state index in [9.17, 15) is 29.4 Å². The van der Waals surface area contributed by atoms with Crippen molar-refractivity contribution in [2.45, 2.75) is 60.2 Å². The minimum atomic E-state index is -6.10. The molecule has 0 atom stereocenters. The number of hydrogen-bond donors (Lipinski definition) is 2. The van der Waals surface area contributed by atoms with Crippen molar-refractivity contribution in [2.75, 3.05) is 88.6 Å². The Labute approximate surface area is 448 Å². The van der Waals surface area contributed by atoms with Crippen molar-refractivity contribution in [1.29, 1.82) is 0 Å².